The predicted octanol–water partition coefficient (Wildman–Crippen LogP) is 16.4. The van der Waals surface area contributed by atoms with E-state index in [9.17, 15) is 0 Å². The van der Waals surface area contributed by atoms with Crippen LogP contribution in [0, 0.1) is 24.2 Å². The Hall–Kier alpha value is -5.12. The van der Waals surface area contributed by atoms with Gasteiger partial charge in [-0.2, -0.15) is 0 Å². The van der Waals surface area contributed by atoms with Crippen molar-refractivity contribution in [2.24, 2.45) is 5.41 Å². The molecule has 5 nitrogen and oxygen atoms in total. The molecular weight excluding hydrogens is 1000 g/mol. The predicted molar refractivity (Wildman–Crippen MR) is 279 cm³/mol. The molecule has 6 heteroatoms. The second kappa shape index (κ2) is 17.4. The number of hydrogen-bond donors (Lipinski definition) is 0. The molecular formula is C61H71N4OPt-3. The van der Waals surface area contributed by atoms with Crippen LogP contribution in [0.5, 0.6) is 11.5 Å². The molecule has 5 aromatic carbocycles. The number of nitrogens with zero attached hydrogens (tertiary/aromatic N) is 4. The Morgan fingerprint density at radius 3 is 1.72 bits per heavy atom. The molecule has 0 atom stereocenters. The molecule has 354 valence electrons. The van der Waals surface area contributed by atoms with Crippen LogP contribution in [0.4, 0.5) is 11.4 Å². The Kier molecular flexibility index (Phi) is 13.0. The Labute approximate surface area is 416 Å². The van der Waals surface area contributed by atoms with Crippen LogP contribution in [0.3, 0.4) is 0 Å². The van der Waals surface area contributed by atoms with E-state index in [0.717, 1.165) is 44.6 Å². The topological polar surface area (TPSA) is 33.5 Å². The van der Waals surface area contributed by atoms with Crippen molar-refractivity contribution in [3.05, 3.63) is 173 Å². The van der Waals surface area contributed by atoms with E-state index in [-0.39, 0.29) is 53.6 Å². The summed E-state index contributed by atoms with van der Waals surface area (Å²) in [6.07, 6.45) is 4.22. The molecule has 7 aromatic rings. The molecule has 8 rings (SSSR count). The SMILES string of the molecule is CC(C)(C)C1=CN(c2[c-]c(Oc3[c-]c4c(c(C(C)(C)C)c3)c3ccccc3n4-c3cc(C(C)(C)c4ccccc4)ccn3)cc(C(C)(C)C)c2)[CH-]N1c1cc(C(C)(C)C)cc(C(C)(C)C)c1.[Pt]. The Balaban J connectivity index is 0.00000666. The quantitative estimate of drug-likeness (QED) is 0.149. The van der Waals surface area contributed by atoms with E-state index in [4.69, 9.17) is 9.72 Å². The van der Waals surface area contributed by atoms with Crippen molar-refractivity contribution >= 4 is 33.2 Å². The third kappa shape index (κ3) is 9.92. The Bertz CT molecular complexity index is 2940. The molecule has 0 bridgehead atoms. The van der Waals surface area contributed by atoms with Crippen LogP contribution in [0.25, 0.3) is 27.6 Å². The van der Waals surface area contributed by atoms with Crippen molar-refractivity contribution in [2.75, 3.05) is 9.80 Å². The van der Waals surface area contributed by atoms with Crippen molar-refractivity contribution in [1.29, 1.82) is 0 Å². The number of rotatable bonds is 7. The minimum atomic E-state index is -0.240. The molecule has 0 unspecified atom stereocenters. The van der Waals surface area contributed by atoms with Crippen LogP contribution < -0.4 is 14.5 Å². The van der Waals surface area contributed by atoms with E-state index in [2.05, 4.69) is 260 Å². The molecule has 0 aliphatic carbocycles. The average Bonchev–Trinajstić information content (AvgIpc) is 3.83. The molecule has 67 heavy (non-hydrogen) atoms. The summed E-state index contributed by atoms with van der Waals surface area (Å²) in [7, 11) is 0. The number of hydrogen-bond acceptors (Lipinski definition) is 4. The zero-order valence-corrected chi connectivity index (χ0v) is 45.3. The van der Waals surface area contributed by atoms with Gasteiger partial charge in [0.2, 0.25) is 0 Å². The van der Waals surface area contributed by atoms with Gasteiger partial charge in [-0.3, -0.25) is 0 Å². The van der Waals surface area contributed by atoms with Crippen LogP contribution in [-0.2, 0) is 48.1 Å². The fourth-order valence-electron chi connectivity index (χ4n) is 9.02. The van der Waals surface area contributed by atoms with Gasteiger partial charge in [0.25, 0.3) is 0 Å². The molecule has 3 heterocycles. The number of anilines is 2. The van der Waals surface area contributed by atoms with Crippen molar-refractivity contribution in [3.63, 3.8) is 0 Å². The number of fused-ring (bicyclic) bond motifs is 3. The molecule has 0 fully saturated rings. The van der Waals surface area contributed by atoms with Gasteiger partial charge >= 0.3 is 0 Å². The van der Waals surface area contributed by atoms with Crippen molar-refractivity contribution in [1.82, 2.24) is 9.55 Å². The van der Waals surface area contributed by atoms with Crippen molar-refractivity contribution in [2.45, 2.75) is 145 Å². The summed E-state index contributed by atoms with van der Waals surface area (Å²) >= 11 is 0. The summed E-state index contributed by atoms with van der Waals surface area (Å²) in [6.45, 7) is 41.1. The van der Waals surface area contributed by atoms with E-state index in [1.54, 1.807) is 0 Å². The molecule has 0 spiro atoms. The molecule has 0 amide bonds. The van der Waals surface area contributed by atoms with Gasteiger partial charge in [0.1, 0.15) is 5.82 Å². The molecule has 0 radical (unpaired) electrons. The van der Waals surface area contributed by atoms with Gasteiger partial charge < -0.3 is 19.1 Å². The maximum Gasteiger partial charge on any atom is 0.135 e. The normalized spacial score (nSPS) is 14.2. The zero-order valence-electron chi connectivity index (χ0n) is 43.1. The molecule has 0 saturated carbocycles. The van der Waals surface area contributed by atoms with Crippen molar-refractivity contribution < 1.29 is 25.8 Å². The summed E-state index contributed by atoms with van der Waals surface area (Å²) in [6, 6.07) is 45.0. The van der Waals surface area contributed by atoms with E-state index in [1.165, 1.54) is 33.5 Å². The van der Waals surface area contributed by atoms with Gasteiger partial charge in [-0.15, -0.1) is 53.8 Å². The third-order valence-corrected chi connectivity index (χ3v) is 13.3. The van der Waals surface area contributed by atoms with Crippen LogP contribution in [0.1, 0.15) is 151 Å². The number of ether oxygens (including phenoxy) is 1. The minimum Gasteiger partial charge on any atom is -0.509 e. The largest absolute Gasteiger partial charge is 0.509 e. The second-order valence-corrected chi connectivity index (χ2v) is 24.2. The first-order valence-corrected chi connectivity index (χ1v) is 23.7. The number of pyridine rings is 1. The molecule has 2 aromatic heterocycles. The van der Waals surface area contributed by atoms with E-state index < -0.39 is 0 Å². The Morgan fingerprint density at radius 2 is 1.12 bits per heavy atom. The van der Waals surface area contributed by atoms with Crippen LogP contribution in [-0.4, -0.2) is 9.55 Å². The Morgan fingerprint density at radius 1 is 0.537 bits per heavy atom. The molecule has 1 aliphatic rings. The smallest absolute Gasteiger partial charge is 0.135 e. The van der Waals surface area contributed by atoms with Crippen LogP contribution in [0.15, 0.2) is 121 Å². The monoisotopic (exact) mass is 1070 g/mol. The number of benzene rings is 5. The van der Waals surface area contributed by atoms with E-state index >= 15 is 0 Å². The summed E-state index contributed by atoms with van der Waals surface area (Å²) < 4.78 is 9.34. The third-order valence-electron chi connectivity index (χ3n) is 13.3. The average molecular weight is 1070 g/mol. The van der Waals surface area contributed by atoms with E-state index in [1.807, 2.05) is 6.20 Å². The first-order chi connectivity index (χ1) is 30.6. The van der Waals surface area contributed by atoms with Crippen LogP contribution in [0.2, 0.25) is 0 Å². The number of allylic oxidation sites excluding steroid dienone is 1. The van der Waals surface area contributed by atoms with E-state index in [0.29, 0.717) is 11.5 Å². The zero-order chi connectivity index (χ0) is 47.9. The maximum absolute atomic E-state index is 7.07. The molecule has 1 aliphatic heterocycles. The summed E-state index contributed by atoms with van der Waals surface area (Å²) in [5.74, 6) is 2.12. The number of aromatic nitrogens is 2. The fourth-order valence-corrected chi connectivity index (χ4v) is 9.02. The minimum absolute atomic E-state index is 0. The first kappa shape index (κ1) is 49.8. The second-order valence-electron chi connectivity index (χ2n) is 24.2. The van der Waals surface area contributed by atoms with Gasteiger partial charge in [0.05, 0.1) is 0 Å². The standard InChI is InChI=1S/C61H71N4O.Pt/c1-56(2,3)42-29-43(57(4,5)6)32-46(31-42)64-39-63(38-53(64)60(13,14)15)45-30-44(58(7,8)9)33-47(35-45)66-48-36-50(59(10,11)12)55-49-25-21-22-26-51(49)65(52(55)37-48)54-34-41(27-28-62-54)61(16,17)40-23-19-18-20-24-40;/h18-34,36,38-39H,1-17H3;/q-3;. The van der Waals surface area contributed by atoms with Gasteiger partial charge in [-0.25, -0.2) is 4.98 Å². The molecule has 0 N–H and O–H groups in total. The van der Waals surface area contributed by atoms with Crippen molar-refractivity contribution in [3.8, 4) is 17.3 Å². The summed E-state index contributed by atoms with van der Waals surface area (Å²) in [5, 5.41) is 2.32. The van der Waals surface area contributed by atoms with Gasteiger partial charge in [0.15, 0.2) is 0 Å². The van der Waals surface area contributed by atoms with Crippen LogP contribution >= 0.6 is 0 Å². The summed E-state index contributed by atoms with van der Waals surface area (Å²) in [5.41, 5.74) is 11.9. The summed E-state index contributed by atoms with van der Waals surface area (Å²) in [4.78, 5) is 9.66. The fraction of sp³-hybridized carbons (Fsp3) is 0.377. The van der Waals surface area contributed by atoms with Gasteiger partial charge in [-0.1, -0.05) is 183 Å². The number of para-hydroxylation sites is 1. The van der Waals surface area contributed by atoms with Gasteiger partial charge in [-0.05, 0) is 85.8 Å². The molecule has 0 saturated heterocycles. The maximum atomic E-state index is 7.07. The van der Waals surface area contributed by atoms with Gasteiger partial charge in [0, 0.05) is 66.5 Å². The first-order valence-electron chi connectivity index (χ1n) is 23.7.